The number of aromatic hydroxyl groups is 1. The fourth-order valence-electron chi connectivity index (χ4n) is 1.54. The maximum Gasteiger partial charge on any atom is 0.119 e. The van der Waals surface area contributed by atoms with Crippen molar-refractivity contribution in [3.63, 3.8) is 0 Å². The van der Waals surface area contributed by atoms with Gasteiger partial charge in [0.1, 0.15) is 5.75 Å². The third-order valence-electron chi connectivity index (χ3n) is 2.68. The number of benzene rings is 1. The molecule has 0 atom stereocenters. The van der Waals surface area contributed by atoms with Gasteiger partial charge in [-0.15, -0.1) is 0 Å². The minimum Gasteiger partial charge on any atom is -0.508 e. The first-order chi connectivity index (χ1) is 6.09. The maximum absolute atomic E-state index is 9.63. The van der Waals surface area contributed by atoms with E-state index < -0.39 is 0 Å². The van der Waals surface area contributed by atoms with E-state index in [4.69, 9.17) is 5.73 Å². The predicted octanol–water partition coefficient (Wildman–Crippen LogP) is 1.73. The van der Waals surface area contributed by atoms with E-state index in [1.54, 1.807) is 6.07 Å². The molecule has 0 aliphatic heterocycles. The van der Waals surface area contributed by atoms with Crippen molar-refractivity contribution in [3.05, 3.63) is 29.3 Å². The van der Waals surface area contributed by atoms with E-state index in [0.717, 1.165) is 30.4 Å². The first-order valence-electron chi connectivity index (χ1n) is 4.66. The Balaban J connectivity index is 2.20. The Labute approximate surface area is 78.4 Å². The summed E-state index contributed by atoms with van der Waals surface area (Å²) < 4.78 is 0. The molecule has 0 spiro atoms. The van der Waals surface area contributed by atoms with Gasteiger partial charge in [-0.05, 0) is 43.4 Å². The average Bonchev–Trinajstić information content (AvgIpc) is 2.75. The van der Waals surface area contributed by atoms with E-state index in [-0.39, 0.29) is 5.54 Å². The average molecular weight is 177 g/mol. The molecular formula is C11H15NO. The van der Waals surface area contributed by atoms with Crippen molar-refractivity contribution in [1.29, 1.82) is 0 Å². The molecule has 0 unspecified atom stereocenters. The summed E-state index contributed by atoms with van der Waals surface area (Å²) in [4.78, 5) is 0. The summed E-state index contributed by atoms with van der Waals surface area (Å²) in [5.41, 5.74) is 8.02. The number of hydrogen-bond donors (Lipinski definition) is 2. The zero-order valence-electron chi connectivity index (χ0n) is 7.88. The standard InChI is InChI=1S/C11H15NO/c1-8-2-3-9(10(13)6-8)7-11(12)4-5-11/h2-3,6,13H,4-5,7,12H2,1H3. The molecule has 1 aromatic rings. The lowest BCUT2D eigenvalue weighted by molar-refractivity contribution is 0.463. The van der Waals surface area contributed by atoms with Crippen molar-refractivity contribution in [3.8, 4) is 5.75 Å². The highest BCUT2D eigenvalue weighted by molar-refractivity contribution is 5.37. The van der Waals surface area contributed by atoms with Crippen molar-refractivity contribution in [2.75, 3.05) is 0 Å². The van der Waals surface area contributed by atoms with Gasteiger partial charge >= 0.3 is 0 Å². The molecular weight excluding hydrogens is 162 g/mol. The number of phenols is 1. The molecule has 0 heterocycles. The van der Waals surface area contributed by atoms with Crippen molar-refractivity contribution >= 4 is 0 Å². The van der Waals surface area contributed by atoms with Crippen LogP contribution in [0.4, 0.5) is 0 Å². The number of aryl methyl sites for hydroxylation is 1. The van der Waals surface area contributed by atoms with Crippen LogP contribution in [0.15, 0.2) is 18.2 Å². The molecule has 0 amide bonds. The van der Waals surface area contributed by atoms with E-state index in [1.165, 1.54) is 0 Å². The molecule has 1 aromatic carbocycles. The van der Waals surface area contributed by atoms with Crippen LogP contribution >= 0.6 is 0 Å². The summed E-state index contributed by atoms with van der Waals surface area (Å²) >= 11 is 0. The first kappa shape index (κ1) is 8.57. The van der Waals surface area contributed by atoms with Crippen molar-refractivity contribution < 1.29 is 5.11 Å². The topological polar surface area (TPSA) is 46.2 Å². The highest BCUT2D eigenvalue weighted by atomic mass is 16.3. The zero-order chi connectivity index (χ0) is 9.47. The van der Waals surface area contributed by atoms with Crippen LogP contribution in [-0.2, 0) is 6.42 Å². The van der Waals surface area contributed by atoms with E-state index in [2.05, 4.69) is 0 Å². The molecule has 1 saturated carbocycles. The smallest absolute Gasteiger partial charge is 0.119 e. The van der Waals surface area contributed by atoms with Gasteiger partial charge in [0.15, 0.2) is 0 Å². The van der Waals surface area contributed by atoms with Gasteiger partial charge in [0, 0.05) is 5.54 Å². The molecule has 0 radical (unpaired) electrons. The molecule has 2 nitrogen and oxygen atoms in total. The molecule has 70 valence electrons. The minimum absolute atomic E-state index is 0.0211. The molecule has 0 saturated heterocycles. The van der Waals surface area contributed by atoms with Crippen LogP contribution in [0.25, 0.3) is 0 Å². The van der Waals surface area contributed by atoms with Gasteiger partial charge in [0.2, 0.25) is 0 Å². The van der Waals surface area contributed by atoms with Gasteiger partial charge in [-0.25, -0.2) is 0 Å². The highest BCUT2D eigenvalue weighted by Gasteiger charge is 2.38. The van der Waals surface area contributed by atoms with Crippen molar-refractivity contribution in [2.45, 2.75) is 31.7 Å². The monoisotopic (exact) mass is 177 g/mol. The van der Waals surface area contributed by atoms with Crippen LogP contribution in [0.3, 0.4) is 0 Å². The Hall–Kier alpha value is -1.02. The maximum atomic E-state index is 9.63. The lowest BCUT2D eigenvalue weighted by atomic mass is 10.0. The van der Waals surface area contributed by atoms with Gasteiger partial charge in [-0.1, -0.05) is 12.1 Å². The van der Waals surface area contributed by atoms with Crippen LogP contribution in [0.2, 0.25) is 0 Å². The molecule has 13 heavy (non-hydrogen) atoms. The molecule has 1 aliphatic carbocycles. The van der Waals surface area contributed by atoms with Crippen molar-refractivity contribution in [2.24, 2.45) is 5.73 Å². The van der Waals surface area contributed by atoms with Gasteiger partial charge in [-0.2, -0.15) is 0 Å². The second-order valence-corrected chi connectivity index (χ2v) is 4.17. The number of hydrogen-bond acceptors (Lipinski definition) is 2. The molecule has 0 aromatic heterocycles. The number of nitrogens with two attached hydrogens (primary N) is 1. The van der Waals surface area contributed by atoms with E-state index in [0.29, 0.717) is 5.75 Å². The normalized spacial score (nSPS) is 18.6. The van der Waals surface area contributed by atoms with Crippen molar-refractivity contribution in [1.82, 2.24) is 0 Å². The molecule has 0 bridgehead atoms. The van der Waals surface area contributed by atoms with Crippen LogP contribution in [0, 0.1) is 6.92 Å². The Morgan fingerprint density at radius 3 is 2.69 bits per heavy atom. The van der Waals surface area contributed by atoms with Crippen LogP contribution in [0.5, 0.6) is 5.75 Å². The summed E-state index contributed by atoms with van der Waals surface area (Å²) in [5, 5.41) is 9.63. The Kier molecular flexibility index (Phi) is 1.81. The third kappa shape index (κ3) is 1.83. The predicted molar refractivity (Wildman–Crippen MR) is 52.7 cm³/mol. The molecule has 2 rings (SSSR count). The summed E-state index contributed by atoms with van der Waals surface area (Å²) in [5.74, 6) is 0.386. The van der Waals surface area contributed by atoms with Crippen LogP contribution in [0.1, 0.15) is 24.0 Å². The largest absolute Gasteiger partial charge is 0.508 e. The Morgan fingerprint density at radius 1 is 1.46 bits per heavy atom. The van der Waals surface area contributed by atoms with Gasteiger partial charge < -0.3 is 10.8 Å². The van der Waals surface area contributed by atoms with Gasteiger partial charge in [-0.3, -0.25) is 0 Å². The molecule has 1 aliphatic rings. The molecule has 2 heteroatoms. The summed E-state index contributed by atoms with van der Waals surface area (Å²) in [6.07, 6.45) is 2.97. The molecule has 3 N–H and O–H groups in total. The van der Waals surface area contributed by atoms with Crippen LogP contribution < -0.4 is 5.73 Å². The lowest BCUT2D eigenvalue weighted by Gasteiger charge is -2.10. The quantitative estimate of drug-likeness (QED) is 0.722. The fraction of sp³-hybridized carbons (Fsp3) is 0.455. The fourth-order valence-corrected chi connectivity index (χ4v) is 1.54. The minimum atomic E-state index is -0.0211. The Bertz CT molecular complexity index is 329. The lowest BCUT2D eigenvalue weighted by Crippen LogP contribution is -2.24. The number of phenolic OH excluding ortho intramolecular Hbond substituents is 1. The van der Waals surface area contributed by atoms with E-state index in [1.807, 2.05) is 19.1 Å². The second kappa shape index (κ2) is 2.74. The summed E-state index contributed by atoms with van der Waals surface area (Å²) in [7, 11) is 0. The third-order valence-corrected chi connectivity index (χ3v) is 2.68. The molecule has 1 fully saturated rings. The Morgan fingerprint density at radius 2 is 2.15 bits per heavy atom. The SMILES string of the molecule is Cc1ccc(CC2(N)CC2)c(O)c1. The summed E-state index contributed by atoms with van der Waals surface area (Å²) in [6.45, 7) is 1.97. The summed E-state index contributed by atoms with van der Waals surface area (Å²) in [6, 6.07) is 5.78. The highest BCUT2D eigenvalue weighted by Crippen LogP contribution is 2.37. The van der Waals surface area contributed by atoms with Gasteiger partial charge in [0.05, 0.1) is 0 Å². The van der Waals surface area contributed by atoms with Crippen LogP contribution in [-0.4, -0.2) is 10.6 Å². The van der Waals surface area contributed by atoms with E-state index >= 15 is 0 Å². The first-order valence-corrected chi connectivity index (χ1v) is 4.66. The van der Waals surface area contributed by atoms with E-state index in [9.17, 15) is 5.11 Å². The zero-order valence-corrected chi connectivity index (χ0v) is 7.88. The number of rotatable bonds is 2. The second-order valence-electron chi connectivity index (χ2n) is 4.17. The van der Waals surface area contributed by atoms with Gasteiger partial charge in [0.25, 0.3) is 0 Å².